The van der Waals surface area contributed by atoms with E-state index in [-0.39, 0.29) is 32.2 Å². The highest BCUT2D eigenvalue weighted by Crippen LogP contribution is 2.38. The van der Waals surface area contributed by atoms with Gasteiger partial charge in [-0.3, -0.25) is 9.36 Å². The van der Waals surface area contributed by atoms with Crippen LogP contribution >= 0.6 is 7.82 Å². The van der Waals surface area contributed by atoms with Crippen molar-refractivity contribution in [2.24, 2.45) is 0 Å². The van der Waals surface area contributed by atoms with E-state index in [2.05, 4.69) is 6.92 Å². The molecule has 0 fully saturated rings. The molecule has 0 heterocycles. The molecule has 0 aliphatic rings. The first kappa shape index (κ1) is 38.5. The van der Waals surface area contributed by atoms with Crippen LogP contribution in [0.3, 0.4) is 0 Å². The van der Waals surface area contributed by atoms with Gasteiger partial charge in [0, 0.05) is 13.0 Å². The zero-order chi connectivity index (χ0) is 29.2. The Morgan fingerprint density at radius 1 is 0.692 bits per heavy atom. The SMILES string of the molecule is CCCCCCCCCCCCCCCCCCOC[C@H](COP(=O)([O-])OCC[N+](C)(C)C)OC(=O)CCC. The fourth-order valence-electron chi connectivity index (χ4n) is 4.17. The number of hydrogen-bond donors (Lipinski definition) is 0. The predicted molar refractivity (Wildman–Crippen MR) is 158 cm³/mol. The van der Waals surface area contributed by atoms with Crippen LogP contribution in [0.25, 0.3) is 0 Å². The molecule has 2 atom stereocenters. The van der Waals surface area contributed by atoms with Crippen LogP contribution < -0.4 is 4.89 Å². The van der Waals surface area contributed by atoms with Crippen molar-refractivity contribution in [3.8, 4) is 0 Å². The molecule has 0 aromatic rings. The van der Waals surface area contributed by atoms with E-state index in [4.69, 9.17) is 18.5 Å². The second-order valence-corrected chi connectivity index (χ2v) is 13.2. The molecule has 0 amide bonds. The Morgan fingerprint density at radius 2 is 1.18 bits per heavy atom. The van der Waals surface area contributed by atoms with Gasteiger partial charge in [0.25, 0.3) is 7.82 Å². The second kappa shape index (κ2) is 25.2. The molecule has 0 saturated heterocycles. The molecule has 0 bridgehead atoms. The maximum absolute atomic E-state index is 12.1. The number of ether oxygens (including phenoxy) is 2. The van der Waals surface area contributed by atoms with E-state index in [1.54, 1.807) is 0 Å². The average Bonchev–Trinajstić information content (AvgIpc) is 2.85. The third-order valence-electron chi connectivity index (χ3n) is 6.63. The molecule has 0 aliphatic heterocycles. The Kier molecular flexibility index (Phi) is 24.9. The minimum absolute atomic E-state index is 0.0281. The number of rotatable bonds is 29. The standard InChI is InChI=1S/C30H62NO7P/c1-6-8-9-10-11-12-13-14-15-16-17-18-19-20-21-22-25-35-27-29(38-30(32)23-7-2)28-37-39(33,34)36-26-24-31(3,4)5/h29H,6-28H2,1-5H3/t29-/m1/s1. The highest BCUT2D eigenvalue weighted by Gasteiger charge is 2.20. The van der Waals surface area contributed by atoms with Crippen LogP contribution in [-0.2, 0) is 27.9 Å². The Labute approximate surface area is 240 Å². The van der Waals surface area contributed by atoms with Crippen molar-refractivity contribution in [2.75, 3.05) is 54.1 Å². The van der Waals surface area contributed by atoms with Gasteiger partial charge in [0.2, 0.25) is 0 Å². The molecular formula is C30H62NO7P. The summed E-state index contributed by atoms with van der Waals surface area (Å²) in [5.41, 5.74) is 0. The van der Waals surface area contributed by atoms with E-state index >= 15 is 0 Å². The average molecular weight is 580 g/mol. The fourth-order valence-corrected chi connectivity index (χ4v) is 4.90. The third-order valence-corrected chi connectivity index (χ3v) is 7.59. The third kappa shape index (κ3) is 28.8. The van der Waals surface area contributed by atoms with E-state index in [0.29, 0.717) is 24.1 Å². The van der Waals surface area contributed by atoms with E-state index in [0.717, 1.165) is 12.8 Å². The maximum atomic E-state index is 12.1. The van der Waals surface area contributed by atoms with Crippen molar-refractivity contribution in [1.82, 2.24) is 0 Å². The summed E-state index contributed by atoms with van der Waals surface area (Å²) in [4.78, 5) is 24.0. The quantitative estimate of drug-likeness (QED) is 0.0401. The number of hydrogen-bond acceptors (Lipinski definition) is 7. The molecule has 0 N–H and O–H groups in total. The van der Waals surface area contributed by atoms with Gasteiger partial charge in [0.15, 0.2) is 0 Å². The van der Waals surface area contributed by atoms with Gasteiger partial charge >= 0.3 is 5.97 Å². The molecule has 234 valence electrons. The number of quaternary nitrogens is 1. The molecule has 0 radical (unpaired) electrons. The lowest BCUT2D eigenvalue weighted by Crippen LogP contribution is -2.37. The van der Waals surface area contributed by atoms with Crippen molar-refractivity contribution in [3.63, 3.8) is 0 Å². The molecule has 0 aromatic heterocycles. The van der Waals surface area contributed by atoms with Crippen LogP contribution in [0.15, 0.2) is 0 Å². The summed E-state index contributed by atoms with van der Waals surface area (Å²) in [5.74, 6) is -0.385. The predicted octanol–water partition coefficient (Wildman–Crippen LogP) is 7.18. The number of phosphoric acid groups is 1. The minimum Gasteiger partial charge on any atom is -0.756 e. The van der Waals surface area contributed by atoms with Gasteiger partial charge in [-0.25, -0.2) is 0 Å². The summed E-state index contributed by atoms with van der Waals surface area (Å²) in [6.45, 7) is 5.05. The monoisotopic (exact) mass is 579 g/mol. The molecular weight excluding hydrogens is 517 g/mol. The van der Waals surface area contributed by atoms with Crippen LogP contribution in [0.1, 0.15) is 129 Å². The van der Waals surface area contributed by atoms with Crippen molar-refractivity contribution >= 4 is 13.8 Å². The van der Waals surface area contributed by atoms with E-state index in [1.165, 1.54) is 89.9 Å². The first-order valence-corrected chi connectivity index (χ1v) is 17.2. The van der Waals surface area contributed by atoms with Crippen molar-refractivity contribution in [3.05, 3.63) is 0 Å². The Hall–Kier alpha value is -0.500. The Bertz CT molecular complexity index is 613. The molecule has 0 aliphatic carbocycles. The van der Waals surface area contributed by atoms with Crippen LogP contribution in [-0.4, -0.2) is 70.7 Å². The summed E-state index contributed by atoms with van der Waals surface area (Å²) in [7, 11) is 1.36. The largest absolute Gasteiger partial charge is 0.756 e. The number of carbonyl (C=O) groups is 1. The molecule has 9 heteroatoms. The smallest absolute Gasteiger partial charge is 0.306 e. The lowest BCUT2D eigenvalue weighted by molar-refractivity contribution is -0.870. The summed E-state index contributed by atoms with van der Waals surface area (Å²) in [6.07, 6.45) is 21.2. The zero-order valence-corrected chi connectivity index (χ0v) is 27.0. The molecule has 1 unspecified atom stereocenters. The minimum atomic E-state index is -4.48. The highest BCUT2D eigenvalue weighted by molar-refractivity contribution is 7.45. The second-order valence-electron chi connectivity index (χ2n) is 11.8. The van der Waals surface area contributed by atoms with E-state index in [9.17, 15) is 14.3 Å². The molecule has 39 heavy (non-hydrogen) atoms. The summed E-state index contributed by atoms with van der Waals surface area (Å²) in [5, 5.41) is 0. The number of carbonyl (C=O) groups excluding carboxylic acids is 1. The lowest BCUT2D eigenvalue weighted by Gasteiger charge is -2.28. The summed E-state index contributed by atoms with van der Waals surface area (Å²) < 4.78 is 33.6. The van der Waals surface area contributed by atoms with E-state index in [1.807, 2.05) is 28.1 Å². The van der Waals surface area contributed by atoms with Gasteiger partial charge in [-0.15, -0.1) is 0 Å². The fraction of sp³-hybridized carbons (Fsp3) is 0.967. The van der Waals surface area contributed by atoms with Crippen LogP contribution in [0.5, 0.6) is 0 Å². The lowest BCUT2D eigenvalue weighted by atomic mass is 10.0. The van der Waals surface area contributed by atoms with Gasteiger partial charge in [-0.05, 0) is 12.8 Å². The number of phosphoric ester groups is 1. The van der Waals surface area contributed by atoms with Crippen molar-refractivity contribution < 1.29 is 37.3 Å². The Morgan fingerprint density at radius 3 is 1.64 bits per heavy atom. The number of nitrogens with zero attached hydrogens (tertiary/aromatic N) is 1. The highest BCUT2D eigenvalue weighted by atomic mass is 31.2. The van der Waals surface area contributed by atoms with Gasteiger partial charge < -0.3 is 27.9 Å². The zero-order valence-electron chi connectivity index (χ0n) is 26.1. The van der Waals surface area contributed by atoms with Gasteiger partial charge in [0.05, 0.1) is 34.4 Å². The number of esters is 1. The number of likely N-dealkylation sites (N-methyl/N-ethyl adjacent to an activating group) is 1. The molecule has 0 rings (SSSR count). The molecule has 0 spiro atoms. The molecule has 0 aromatic carbocycles. The van der Waals surface area contributed by atoms with Crippen LogP contribution in [0.4, 0.5) is 0 Å². The summed E-state index contributed by atoms with van der Waals surface area (Å²) >= 11 is 0. The van der Waals surface area contributed by atoms with Crippen LogP contribution in [0, 0.1) is 0 Å². The maximum Gasteiger partial charge on any atom is 0.306 e. The van der Waals surface area contributed by atoms with Gasteiger partial charge in [-0.1, -0.05) is 110 Å². The molecule has 8 nitrogen and oxygen atoms in total. The first-order valence-electron chi connectivity index (χ1n) is 15.8. The number of unbranched alkanes of at least 4 members (excludes halogenated alkanes) is 15. The van der Waals surface area contributed by atoms with Crippen molar-refractivity contribution in [1.29, 1.82) is 0 Å². The molecule has 0 saturated carbocycles. The first-order chi connectivity index (χ1) is 18.6. The van der Waals surface area contributed by atoms with Crippen LogP contribution in [0.2, 0.25) is 0 Å². The normalized spacial score (nSPS) is 14.3. The topological polar surface area (TPSA) is 94.1 Å². The van der Waals surface area contributed by atoms with E-state index < -0.39 is 13.9 Å². The van der Waals surface area contributed by atoms with Crippen molar-refractivity contribution in [2.45, 2.75) is 136 Å². The van der Waals surface area contributed by atoms with Gasteiger partial charge in [0.1, 0.15) is 19.3 Å². The Balaban J connectivity index is 3.89. The van der Waals surface area contributed by atoms with Gasteiger partial charge in [-0.2, -0.15) is 0 Å². The summed E-state index contributed by atoms with van der Waals surface area (Å²) in [6, 6.07) is 0.